The maximum Gasteiger partial charge on any atom is 0.130 e. The molecule has 0 saturated carbocycles. The summed E-state index contributed by atoms with van der Waals surface area (Å²) in [5.41, 5.74) is 2.86. The Kier molecular flexibility index (Phi) is 9.51. The summed E-state index contributed by atoms with van der Waals surface area (Å²) in [6.07, 6.45) is 8.17. The topological polar surface area (TPSA) is 83.2 Å². The standard InChI is InChI=1S/C26H26N2O3/c1-3-5-6-21(4-2)26(28)19-31-24-11-7-20(8-12-24)18-30-25-13-9-22(10-14-25)23(17-27)15-16-29/h3-14,16,23,28H,2,15,18-19H2,1H3/b5-3-,21-6+,28-26?. The molecule has 0 amide bonds. The molecule has 1 atom stereocenters. The first kappa shape index (κ1) is 23.4. The van der Waals surface area contributed by atoms with Crippen LogP contribution in [0.4, 0.5) is 0 Å². The van der Waals surface area contributed by atoms with E-state index in [0.717, 1.165) is 23.0 Å². The predicted molar refractivity (Wildman–Crippen MR) is 123 cm³/mol. The number of allylic oxidation sites excluding steroid dienone is 4. The van der Waals surface area contributed by atoms with Crippen LogP contribution in [0, 0.1) is 16.7 Å². The van der Waals surface area contributed by atoms with E-state index in [1.54, 1.807) is 30.3 Å². The summed E-state index contributed by atoms with van der Waals surface area (Å²) in [6, 6.07) is 16.8. The lowest BCUT2D eigenvalue weighted by molar-refractivity contribution is -0.107. The molecular weight excluding hydrogens is 388 g/mol. The number of hydrogen-bond donors (Lipinski definition) is 1. The molecule has 0 aliphatic carbocycles. The molecule has 2 aromatic carbocycles. The molecule has 0 heterocycles. The lowest BCUT2D eigenvalue weighted by Gasteiger charge is -2.11. The zero-order chi connectivity index (χ0) is 22.5. The van der Waals surface area contributed by atoms with Crippen LogP contribution in [0.15, 0.2) is 85.0 Å². The number of nitriles is 1. The second-order valence-corrected chi connectivity index (χ2v) is 6.70. The number of carbonyl (C=O) groups excluding carboxylic acids is 1. The summed E-state index contributed by atoms with van der Waals surface area (Å²) in [5.74, 6) is 0.928. The lowest BCUT2D eigenvalue weighted by Crippen LogP contribution is -2.11. The summed E-state index contributed by atoms with van der Waals surface area (Å²) in [4.78, 5) is 10.6. The van der Waals surface area contributed by atoms with Gasteiger partial charge in [0.05, 0.1) is 17.7 Å². The molecule has 0 spiro atoms. The molecule has 0 radical (unpaired) electrons. The monoisotopic (exact) mass is 414 g/mol. The number of nitrogens with one attached hydrogen (secondary N) is 1. The van der Waals surface area contributed by atoms with Crippen molar-refractivity contribution < 1.29 is 14.3 Å². The highest BCUT2D eigenvalue weighted by Gasteiger charge is 2.10. The van der Waals surface area contributed by atoms with E-state index in [0.29, 0.717) is 23.8 Å². The Morgan fingerprint density at radius 2 is 1.77 bits per heavy atom. The first-order chi connectivity index (χ1) is 15.1. The van der Waals surface area contributed by atoms with Crippen molar-refractivity contribution in [1.29, 1.82) is 10.7 Å². The van der Waals surface area contributed by atoms with E-state index in [-0.39, 0.29) is 13.0 Å². The molecule has 0 aliphatic rings. The third-order valence-corrected chi connectivity index (χ3v) is 4.52. The molecule has 0 fully saturated rings. The molecule has 0 aliphatic heterocycles. The molecule has 5 nitrogen and oxygen atoms in total. The smallest absolute Gasteiger partial charge is 0.130 e. The fourth-order valence-electron chi connectivity index (χ4n) is 2.74. The number of aldehydes is 1. The van der Waals surface area contributed by atoms with Gasteiger partial charge in [-0.25, -0.2) is 0 Å². The number of benzene rings is 2. The van der Waals surface area contributed by atoms with E-state index in [4.69, 9.17) is 20.1 Å². The van der Waals surface area contributed by atoms with E-state index >= 15 is 0 Å². The average molecular weight is 415 g/mol. The van der Waals surface area contributed by atoms with Gasteiger partial charge in [0, 0.05) is 6.42 Å². The van der Waals surface area contributed by atoms with Crippen LogP contribution in [0.3, 0.4) is 0 Å². The van der Waals surface area contributed by atoms with E-state index in [1.165, 1.54) is 0 Å². The van der Waals surface area contributed by atoms with Gasteiger partial charge in [0.15, 0.2) is 0 Å². The summed E-state index contributed by atoms with van der Waals surface area (Å²) in [7, 11) is 0. The summed E-state index contributed by atoms with van der Waals surface area (Å²) < 4.78 is 11.5. The van der Waals surface area contributed by atoms with Crippen LogP contribution in [0.2, 0.25) is 0 Å². The molecule has 1 N–H and O–H groups in total. The zero-order valence-corrected chi connectivity index (χ0v) is 17.6. The highest BCUT2D eigenvalue weighted by Crippen LogP contribution is 2.22. The van der Waals surface area contributed by atoms with Crippen LogP contribution < -0.4 is 9.47 Å². The maximum absolute atomic E-state index is 10.6. The Hall–Kier alpha value is -3.91. The van der Waals surface area contributed by atoms with E-state index in [1.807, 2.05) is 49.4 Å². The molecule has 158 valence electrons. The van der Waals surface area contributed by atoms with Crippen molar-refractivity contribution in [2.45, 2.75) is 25.9 Å². The molecule has 0 aromatic heterocycles. The number of carbonyl (C=O) groups is 1. The summed E-state index contributed by atoms with van der Waals surface area (Å²) in [6.45, 7) is 6.19. The second kappa shape index (κ2) is 12.6. The fraction of sp³-hybridized carbons (Fsp3) is 0.192. The highest BCUT2D eigenvalue weighted by molar-refractivity contribution is 6.01. The van der Waals surface area contributed by atoms with Crippen LogP contribution in [-0.4, -0.2) is 18.6 Å². The van der Waals surface area contributed by atoms with Crippen LogP contribution in [0.1, 0.15) is 30.4 Å². The molecule has 2 rings (SSSR count). The van der Waals surface area contributed by atoms with E-state index in [9.17, 15) is 4.79 Å². The van der Waals surface area contributed by atoms with Gasteiger partial charge in [-0.2, -0.15) is 5.26 Å². The van der Waals surface area contributed by atoms with Crippen LogP contribution in [0.25, 0.3) is 0 Å². The van der Waals surface area contributed by atoms with Crippen LogP contribution in [0.5, 0.6) is 11.5 Å². The van der Waals surface area contributed by atoms with Crippen molar-refractivity contribution in [2.75, 3.05) is 6.61 Å². The fourth-order valence-corrected chi connectivity index (χ4v) is 2.74. The van der Waals surface area contributed by atoms with Crippen molar-refractivity contribution in [3.63, 3.8) is 0 Å². The maximum atomic E-state index is 10.6. The number of hydrogen-bond acceptors (Lipinski definition) is 5. The van der Waals surface area contributed by atoms with Gasteiger partial charge in [0.2, 0.25) is 0 Å². The van der Waals surface area contributed by atoms with Crippen molar-refractivity contribution in [3.05, 3.63) is 96.1 Å². The van der Waals surface area contributed by atoms with Gasteiger partial charge in [-0.1, -0.05) is 55.1 Å². The van der Waals surface area contributed by atoms with Gasteiger partial charge < -0.3 is 19.7 Å². The van der Waals surface area contributed by atoms with Gasteiger partial charge in [-0.05, 0) is 47.9 Å². The Balaban J connectivity index is 1.87. The number of nitrogens with zero attached hydrogens (tertiary/aromatic N) is 1. The molecule has 0 bridgehead atoms. The first-order valence-electron chi connectivity index (χ1n) is 9.92. The molecule has 0 saturated heterocycles. The Morgan fingerprint density at radius 1 is 1.13 bits per heavy atom. The molecule has 31 heavy (non-hydrogen) atoms. The average Bonchev–Trinajstić information content (AvgIpc) is 2.81. The van der Waals surface area contributed by atoms with Crippen molar-refractivity contribution >= 4 is 12.0 Å². The zero-order valence-electron chi connectivity index (χ0n) is 17.6. The largest absolute Gasteiger partial charge is 0.489 e. The van der Waals surface area contributed by atoms with Gasteiger partial charge >= 0.3 is 0 Å². The normalized spacial score (nSPS) is 12.1. The Bertz CT molecular complexity index is 981. The van der Waals surface area contributed by atoms with Gasteiger partial charge in [-0.3, -0.25) is 0 Å². The Morgan fingerprint density at radius 3 is 2.35 bits per heavy atom. The van der Waals surface area contributed by atoms with Crippen LogP contribution in [-0.2, 0) is 11.4 Å². The summed E-state index contributed by atoms with van der Waals surface area (Å²) in [5, 5.41) is 17.2. The molecular formula is C26H26N2O3. The lowest BCUT2D eigenvalue weighted by atomic mass is 9.98. The first-order valence-corrected chi connectivity index (χ1v) is 9.92. The summed E-state index contributed by atoms with van der Waals surface area (Å²) >= 11 is 0. The highest BCUT2D eigenvalue weighted by atomic mass is 16.5. The predicted octanol–water partition coefficient (Wildman–Crippen LogP) is 5.55. The second-order valence-electron chi connectivity index (χ2n) is 6.70. The molecule has 1 unspecified atom stereocenters. The number of rotatable bonds is 12. The quantitative estimate of drug-likeness (QED) is 0.280. The van der Waals surface area contributed by atoms with Crippen molar-refractivity contribution in [1.82, 2.24) is 0 Å². The van der Waals surface area contributed by atoms with E-state index < -0.39 is 5.92 Å². The van der Waals surface area contributed by atoms with Gasteiger partial charge in [0.1, 0.15) is 31.0 Å². The van der Waals surface area contributed by atoms with Crippen molar-refractivity contribution in [2.24, 2.45) is 0 Å². The molecule has 2 aromatic rings. The third kappa shape index (κ3) is 7.45. The van der Waals surface area contributed by atoms with Gasteiger partial charge in [0.25, 0.3) is 0 Å². The Labute approximate surface area is 183 Å². The minimum absolute atomic E-state index is 0.158. The molecule has 5 heteroatoms. The number of ether oxygens (including phenoxy) is 2. The third-order valence-electron chi connectivity index (χ3n) is 4.52. The van der Waals surface area contributed by atoms with E-state index in [2.05, 4.69) is 12.6 Å². The minimum Gasteiger partial charge on any atom is -0.489 e. The minimum atomic E-state index is -0.429. The van der Waals surface area contributed by atoms with Gasteiger partial charge in [-0.15, -0.1) is 0 Å². The van der Waals surface area contributed by atoms with Crippen LogP contribution >= 0.6 is 0 Å². The SMILES string of the molecule is C=C/C(=C\C=C/C)C(=N)COc1ccc(COc2ccc(C(C#N)CC=O)cc2)cc1. The van der Waals surface area contributed by atoms with Crippen molar-refractivity contribution in [3.8, 4) is 17.6 Å².